The van der Waals surface area contributed by atoms with E-state index in [4.69, 9.17) is 9.47 Å². The molecule has 1 aliphatic carbocycles. The number of nitrogens with one attached hydrogen (secondary N) is 1. The Kier molecular flexibility index (Phi) is 4.46. The van der Waals surface area contributed by atoms with E-state index in [1.165, 1.54) is 31.2 Å². The average molecular weight is 275 g/mol. The van der Waals surface area contributed by atoms with Crippen LogP contribution in [0.25, 0.3) is 0 Å². The van der Waals surface area contributed by atoms with Gasteiger partial charge in [-0.05, 0) is 49.4 Å². The van der Waals surface area contributed by atoms with Gasteiger partial charge in [-0.25, -0.2) is 0 Å². The topological polar surface area (TPSA) is 30.5 Å². The van der Waals surface area contributed by atoms with Gasteiger partial charge in [0.15, 0.2) is 11.5 Å². The minimum absolute atomic E-state index is 0.661. The predicted molar refractivity (Wildman–Crippen MR) is 80.6 cm³/mol. The quantitative estimate of drug-likeness (QED) is 0.895. The van der Waals surface area contributed by atoms with Gasteiger partial charge in [-0.3, -0.25) is 0 Å². The van der Waals surface area contributed by atoms with Crippen molar-refractivity contribution in [3.05, 3.63) is 23.8 Å². The molecule has 20 heavy (non-hydrogen) atoms. The first-order chi connectivity index (χ1) is 9.86. The van der Waals surface area contributed by atoms with Gasteiger partial charge in [-0.1, -0.05) is 25.8 Å². The van der Waals surface area contributed by atoms with E-state index in [9.17, 15) is 0 Å². The molecule has 1 aliphatic heterocycles. The van der Waals surface area contributed by atoms with Gasteiger partial charge in [0.1, 0.15) is 13.2 Å². The molecule has 0 amide bonds. The van der Waals surface area contributed by atoms with E-state index in [2.05, 4.69) is 24.4 Å². The lowest BCUT2D eigenvalue weighted by Gasteiger charge is -2.21. The Morgan fingerprint density at radius 3 is 2.85 bits per heavy atom. The lowest BCUT2D eigenvalue weighted by molar-refractivity contribution is 0.171. The summed E-state index contributed by atoms with van der Waals surface area (Å²) in [6, 6.07) is 7.05. The van der Waals surface area contributed by atoms with Crippen molar-refractivity contribution >= 4 is 0 Å². The molecule has 3 nitrogen and oxygen atoms in total. The van der Waals surface area contributed by atoms with Crippen molar-refractivity contribution in [3.63, 3.8) is 0 Å². The standard InChI is InChI=1S/C17H25NO2/c1-2-14-4-3-5-15(14)18-9-8-13-6-7-16-17(12-13)20-11-10-19-16/h6-7,12,14-15,18H,2-5,8-11H2,1H3. The summed E-state index contributed by atoms with van der Waals surface area (Å²) in [6.45, 7) is 4.69. The predicted octanol–water partition coefficient (Wildman–Crippen LogP) is 3.17. The summed E-state index contributed by atoms with van der Waals surface area (Å²) in [5.41, 5.74) is 1.33. The molecule has 2 atom stereocenters. The van der Waals surface area contributed by atoms with E-state index >= 15 is 0 Å². The fourth-order valence-electron chi connectivity index (χ4n) is 3.44. The summed E-state index contributed by atoms with van der Waals surface area (Å²) >= 11 is 0. The number of ether oxygens (including phenoxy) is 2. The van der Waals surface area contributed by atoms with Crippen molar-refractivity contribution in [2.45, 2.75) is 45.1 Å². The fourth-order valence-corrected chi connectivity index (χ4v) is 3.44. The first kappa shape index (κ1) is 13.7. The Morgan fingerprint density at radius 1 is 1.15 bits per heavy atom. The Balaban J connectivity index is 1.51. The van der Waals surface area contributed by atoms with Crippen molar-refractivity contribution in [2.75, 3.05) is 19.8 Å². The van der Waals surface area contributed by atoms with Crippen LogP contribution in [0.15, 0.2) is 18.2 Å². The van der Waals surface area contributed by atoms with Gasteiger partial charge in [0.25, 0.3) is 0 Å². The van der Waals surface area contributed by atoms with Crippen LogP contribution in [0.4, 0.5) is 0 Å². The first-order valence-corrected chi connectivity index (χ1v) is 7.98. The van der Waals surface area contributed by atoms with Gasteiger partial charge in [0.2, 0.25) is 0 Å². The van der Waals surface area contributed by atoms with E-state index < -0.39 is 0 Å². The van der Waals surface area contributed by atoms with Crippen LogP contribution in [-0.4, -0.2) is 25.8 Å². The molecule has 110 valence electrons. The van der Waals surface area contributed by atoms with Gasteiger partial charge < -0.3 is 14.8 Å². The van der Waals surface area contributed by atoms with E-state index in [-0.39, 0.29) is 0 Å². The molecule has 0 radical (unpaired) electrons. The zero-order valence-electron chi connectivity index (χ0n) is 12.4. The molecule has 3 heteroatoms. The molecule has 2 aliphatic rings. The van der Waals surface area contributed by atoms with Crippen LogP contribution in [0.1, 0.15) is 38.2 Å². The van der Waals surface area contributed by atoms with Crippen molar-refractivity contribution < 1.29 is 9.47 Å². The second-order valence-electron chi connectivity index (χ2n) is 5.89. The van der Waals surface area contributed by atoms with Gasteiger partial charge in [0.05, 0.1) is 0 Å². The molecule has 1 aromatic rings. The maximum Gasteiger partial charge on any atom is 0.161 e. The number of hydrogen-bond donors (Lipinski definition) is 1. The number of benzene rings is 1. The fraction of sp³-hybridized carbons (Fsp3) is 0.647. The monoisotopic (exact) mass is 275 g/mol. The van der Waals surface area contributed by atoms with Crippen LogP contribution < -0.4 is 14.8 Å². The molecule has 3 rings (SSSR count). The minimum Gasteiger partial charge on any atom is -0.486 e. The molecular formula is C17H25NO2. The second kappa shape index (κ2) is 6.49. The molecule has 0 aromatic heterocycles. The highest BCUT2D eigenvalue weighted by molar-refractivity contribution is 5.43. The number of hydrogen-bond acceptors (Lipinski definition) is 3. The largest absolute Gasteiger partial charge is 0.486 e. The second-order valence-corrected chi connectivity index (χ2v) is 5.89. The Morgan fingerprint density at radius 2 is 2.00 bits per heavy atom. The number of fused-ring (bicyclic) bond motifs is 1. The van der Waals surface area contributed by atoms with Gasteiger partial charge in [0, 0.05) is 6.04 Å². The minimum atomic E-state index is 0.661. The van der Waals surface area contributed by atoms with Crippen LogP contribution in [-0.2, 0) is 6.42 Å². The Labute approximate surface area is 121 Å². The zero-order valence-corrected chi connectivity index (χ0v) is 12.4. The lowest BCUT2D eigenvalue weighted by Crippen LogP contribution is -2.33. The first-order valence-electron chi connectivity index (χ1n) is 7.98. The normalized spacial score (nSPS) is 24.9. The summed E-state index contributed by atoms with van der Waals surface area (Å²) in [5, 5.41) is 3.74. The smallest absolute Gasteiger partial charge is 0.161 e. The number of rotatable bonds is 5. The summed E-state index contributed by atoms with van der Waals surface area (Å²) in [7, 11) is 0. The van der Waals surface area contributed by atoms with E-state index in [0.717, 1.165) is 36.4 Å². The third-order valence-electron chi connectivity index (χ3n) is 4.61. The summed E-state index contributed by atoms with van der Waals surface area (Å²) in [4.78, 5) is 0. The molecule has 1 N–H and O–H groups in total. The Bertz CT molecular complexity index is 447. The van der Waals surface area contributed by atoms with Crippen LogP contribution in [0.2, 0.25) is 0 Å². The third kappa shape index (κ3) is 3.09. The van der Waals surface area contributed by atoms with Gasteiger partial charge >= 0.3 is 0 Å². The highest BCUT2D eigenvalue weighted by Gasteiger charge is 2.24. The summed E-state index contributed by atoms with van der Waals surface area (Å²) in [5.74, 6) is 2.67. The van der Waals surface area contributed by atoms with E-state index in [1.54, 1.807) is 0 Å². The van der Waals surface area contributed by atoms with Crippen molar-refractivity contribution in [2.24, 2.45) is 5.92 Å². The summed E-state index contributed by atoms with van der Waals surface area (Å²) < 4.78 is 11.2. The third-order valence-corrected chi connectivity index (χ3v) is 4.61. The maximum absolute atomic E-state index is 5.63. The van der Waals surface area contributed by atoms with E-state index in [1.807, 2.05) is 6.07 Å². The Hall–Kier alpha value is -1.22. The highest BCUT2D eigenvalue weighted by Crippen LogP contribution is 2.31. The summed E-state index contributed by atoms with van der Waals surface area (Å²) in [6.07, 6.45) is 6.50. The van der Waals surface area contributed by atoms with Gasteiger partial charge in [-0.15, -0.1) is 0 Å². The lowest BCUT2D eigenvalue weighted by atomic mass is 10.0. The van der Waals surface area contributed by atoms with Crippen LogP contribution >= 0.6 is 0 Å². The molecule has 0 saturated heterocycles. The molecule has 2 unspecified atom stereocenters. The van der Waals surface area contributed by atoms with Crippen molar-refractivity contribution in [3.8, 4) is 11.5 Å². The van der Waals surface area contributed by atoms with Gasteiger partial charge in [-0.2, -0.15) is 0 Å². The SMILES string of the molecule is CCC1CCCC1NCCc1ccc2c(c1)OCCO2. The maximum atomic E-state index is 5.63. The molecule has 1 heterocycles. The molecule has 1 aromatic carbocycles. The molecule has 0 spiro atoms. The molecule has 1 fully saturated rings. The van der Waals surface area contributed by atoms with Crippen LogP contribution in [0.5, 0.6) is 11.5 Å². The van der Waals surface area contributed by atoms with Crippen molar-refractivity contribution in [1.82, 2.24) is 5.32 Å². The average Bonchev–Trinajstić information content (AvgIpc) is 2.95. The zero-order chi connectivity index (χ0) is 13.8. The molecular weight excluding hydrogens is 250 g/mol. The van der Waals surface area contributed by atoms with Crippen LogP contribution in [0.3, 0.4) is 0 Å². The van der Waals surface area contributed by atoms with Crippen molar-refractivity contribution in [1.29, 1.82) is 0 Å². The van der Waals surface area contributed by atoms with E-state index in [0.29, 0.717) is 13.2 Å². The van der Waals surface area contributed by atoms with Crippen LogP contribution in [0, 0.1) is 5.92 Å². The highest BCUT2D eigenvalue weighted by atomic mass is 16.6. The molecule has 0 bridgehead atoms. The molecule has 1 saturated carbocycles.